The molecule has 1 aliphatic rings. The maximum atomic E-state index is 12.8. The van der Waals surface area contributed by atoms with Gasteiger partial charge in [-0.1, -0.05) is 13.0 Å². The molecule has 0 bridgehead atoms. The van der Waals surface area contributed by atoms with E-state index in [0.29, 0.717) is 12.3 Å². The van der Waals surface area contributed by atoms with Gasteiger partial charge in [0, 0.05) is 19.2 Å². The number of pyridine rings is 1. The summed E-state index contributed by atoms with van der Waals surface area (Å²) in [5.41, 5.74) is 0.799. The Morgan fingerprint density at radius 1 is 1.30 bits per heavy atom. The van der Waals surface area contributed by atoms with Gasteiger partial charge in [-0.25, -0.2) is 0 Å². The van der Waals surface area contributed by atoms with E-state index in [4.69, 9.17) is 4.42 Å². The highest BCUT2D eigenvalue weighted by atomic mass is 16.4. The molecule has 6 heteroatoms. The van der Waals surface area contributed by atoms with Gasteiger partial charge in [0.05, 0.1) is 6.04 Å². The average molecular weight is 310 g/mol. The first-order chi connectivity index (χ1) is 11.3. The number of hydrogen-bond acceptors (Lipinski definition) is 4. The molecule has 0 spiro atoms. The fourth-order valence-electron chi connectivity index (χ4n) is 3.19. The molecule has 4 rings (SSSR count). The fraction of sp³-hybridized carbons (Fsp3) is 0.353. The first kappa shape index (κ1) is 14.0. The van der Waals surface area contributed by atoms with Gasteiger partial charge >= 0.3 is 0 Å². The van der Waals surface area contributed by atoms with Crippen molar-refractivity contribution in [3.05, 3.63) is 53.9 Å². The van der Waals surface area contributed by atoms with Crippen LogP contribution in [0.2, 0.25) is 0 Å². The predicted molar refractivity (Wildman–Crippen MR) is 84.1 cm³/mol. The van der Waals surface area contributed by atoms with Gasteiger partial charge in [-0.3, -0.25) is 9.20 Å². The average Bonchev–Trinajstić information content (AvgIpc) is 3.31. The summed E-state index contributed by atoms with van der Waals surface area (Å²) in [7, 11) is 0. The summed E-state index contributed by atoms with van der Waals surface area (Å²) in [5, 5.41) is 8.51. The summed E-state index contributed by atoms with van der Waals surface area (Å²) in [6.07, 6.45) is 4.57. The lowest BCUT2D eigenvalue weighted by molar-refractivity contribution is 0.0695. The summed E-state index contributed by atoms with van der Waals surface area (Å²) in [6, 6.07) is 9.36. The van der Waals surface area contributed by atoms with E-state index in [1.165, 1.54) is 0 Å². The van der Waals surface area contributed by atoms with Gasteiger partial charge in [0.15, 0.2) is 17.2 Å². The molecule has 0 radical (unpaired) electrons. The van der Waals surface area contributed by atoms with Gasteiger partial charge in [0.2, 0.25) is 0 Å². The fourth-order valence-corrected chi connectivity index (χ4v) is 3.19. The zero-order valence-corrected chi connectivity index (χ0v) is 13.0. The number of nitrogens with zero attached hydrogens (tertiary/aromatic N) is 4. The number of furan rings is 1. The Morgan fingerprint density at radius 2 is 2.22 bits per heavy atom. The van der Waals surface area contributed by atoms with Gasteiger partial charge in [0.1, 0.15) is 5.76 Å². The number of carbonyl (C=O) groups excluding carboxylic acids is 1. The molecule has 23 heavy (non-hydrogen) atoms. The summed E-state index contributed by atoms with van der Waals surface area (Å²) >= 11 is 0. The van der Waals surface area contributed by atoms with Crippen molar-refractivity contribution in [3.8, 4) is 0 Å². The molecular weight excluding hydrogens is 292 g/mol. The zero-order valence-electron chi connectivity index (χ0n) is 13.0. The Labute approximate surface area is 133 Å². The van der Waals surface area contributed by atoms with Crippen molar-refractivity contribution in [2.24, 2.45) is 0 Å². The second-order valence-corrected chi connectivity index (χ2v) is 5.76. The zero-order chi connectivity index (χ0) is 15.8. The van der Waals surface area contributed by atoms with Crippen molar-refractivity contribution in [2.45, 2.75) is 32.2 Å². The third-order valence-electron chi connectivity index (χ3n) is 4.37. The van der Waals surface area contributed by atoms with Crippen molar-refractivity contribution < 1.29 is 9.21 Å². The number of aromatic nitrogens is 3. The molecular formula is C17H18N4O2. The standard InChI is InChI=1S/C17H18N4O2/c1-2-12-8-9-14(23-12)17(22)20-11-5-6-13(20)16-19-18-15-7-3-4-10-21(15)16/h3-4,7-10,13H,2,5-6,11H2,1H3/t13-/m1/s1. The van der Waals surface area contributed by atoms with E-state index in [1.807, 2.05) is 46.7 Å². The van der Waals surface area contributed by atoms with Crippen LogP contribution in [0.15, 0.2) is 40.9 Å². The highest BCUT2D eigenvalue weighted by Gasteiger charge is 2.34. The van der Waals surface area contributed by atoms with Crippen LogP contribution in [0.4, 0.5) is 0 Å². The maximum Gasteiger partial charge on any atom is 0.290 e. The van der Waals surface area contributed by atoms with Crippen LogP contribution in [-0.4, -0.2) is 31.9 Å². The highest BCUT2D eigenvalue weighted by molar-refractivity contribution is 5.92. The number of rotatable bonds is 3. The Hall–Kier alpha value is -2.63. The van der Waals surface area contributed by atoms with Gasteiger partial charge in [-0.15, -0.1) is 10.2 Å². The van der Waals surface area contributed by atoms with Crippen LogP contribution in [0, 0.1) is 0 Å². The van der Waals surface area contributed by atoms with Crippen LogP contribution in [-0.2, 0) is 6.42 Å². The Kier molecular flexibility index (Phi) is 3.37. The Morgan fingerprint density at radius 3 is 3.04 bits per heavy atom. The van der Waals surface area contributed by atoms with Crippen molar-refractivity contribution in [2.75, 3.05) is 6.54 Å². The lowest BCUT2D eigenvalue weighted by Crippen LogP contribution is -2.31. The van der Waals surface area contributed by atoms with E-state index in [2.05, 4.69) is 10.2 Å². The number of fused-ring (bicyclic) bond motifs is 1. The van der Waals surface area contributed by atoms with Gasteiger partial charge < -0.3 is 9.32 Å². The van der Waals surface area contributed by atoms with Crippen molar-refractivity contribution in [3.63, 3.8) is 0 Å². The normalized spacial score (nSPS) is 18.0. The molecule has 4 heterocycles. The van der Waals surface area contributed by atoms with Crippen LogP contribution in [0.3, 0.4) is 0 Å². The number of likely N-dealkylation sites (tertiary alicyclic amines) is 1. The lowest BCUT2D eigenvalue weighted by Gasteiger charge is -2.22. The summed E-state index contributed by atoms with van der Waals surface area (Å²) < 4.78 is 7.58. The largest absolute Gasteiger partial charge is 0.456 e. The first-order valence-electron chi connectivity index (χ1n) is 7.97. The molecule has 1 atom stereocenters. The third kappa shape index (κ3) is 2.30. The molecule has 0 unspecified atom stereocenters. The van der Waals surface area contributed by atoms with Crippen LogP contribution >= 0.6 is 0 Å². The molecule has 6 nitrogen and oxygen atoms in total. The molecule has 1 fully saturated rings. The Bertz CT molecular complexity index is 851. The molecule has 118 valence electrons. The second-order valence-electron chi connectivity index (χ2n) is 5.76. The molecule has 0 saturated carbocycles. The SMILES string of the molecule is CCc1ccc(C(=O)N2CCC[C@@H]2c2nnc3ccccn23)o1. The van der Waals surface area contributed by atoms with Crippen molar-refractivity contribution >= 4 is 11.6 Å². The monoisotopic (exact) mass is 310 g/mol. The van der Waals surface area contributed by atoms with E-state index < -0.39 is 0 Å². The summed E-state index contributed by atoms with van der Waals surface area (Å²) in [4.78, 5) is 14.6. The van der Waals surface area contributed by atoms with Gasteiger partial charge in [-0.05, 0) is 37.1 Å². The molecule has 3 aromatic heterocycles. The van der Waals surface area contributed by atoms with E-state index in [1.54, 1.807) is 6.07 Å². The molecule has 1 amide bonds. The van der Waals surface area contributed by atoms with E-state index in [0.717, 1.165) is 36.5 Å². The number of hydrogen-bond donors (Lipinski definition) is 0. The molecule has 0 N–H and O–H groups in total. The number of aryl methyl sites for hydroxylation is 1. The van der Waals surface area contributed by atoms with Crippen LogP contribution in [0.1, 0.15) is 47.9 Å². The molecule has 1 aliphatic heterocycles. The second kappa shape index (κ2) is 5.53. The molecule has 0 aromatic carbocycles. The smallest absolute Gasteiger partial charge is 0.290 e. The number of amides is 1. The van der Waals surface area contributed by atoms with Gasteiger partial charge in [-0.2, -0.15) is 0 Å². The van der Waals surface area contributed by atoms with Gasteiger partial charge in [0.25, 0.3) is 5.91 Å². The first-order valence-corrected chi connectivity index (χ1v) is 7.97. The molecule has 1 saturated heterocycles. The van der Waals surface area contributed by atoms with Crippen LogP contribution < -0.4 is 0 Å². The van der Waals surface area contributed by atoms with Crippen molar-refractivity contribution in [1.29, 1.82) is 0 Å². The highest BCUT2D eigenvalue weighted by Crippen LogP contribution is 2.32. The minimum Gasteiger partial charge on any atom is -0.456 e. The van der Waals surface area contributed by atoms with E-state index in [-0.39, 0.29) is 11.9 Å². The Balaban J connectivity index is 1.67. The number of carbonyl (C=O) groups is 1. The minimum absolute atomic E-state index is 0.0601. The topological polar surface area (TPSA) is 63.6 Å². The lowest BCUT2D eigenvalue weighted by atomic mass is 10.2. The van der Waals surface area contributed by atoms with Crippen molar-refractivity contribution in [1.82, 2.24) is 19.5 Å². The van der Waals surface area contributed by atoms with E-state index in [9.17, 15) is 4.79 Å². The summed E-state index contributed by atoms with van der Waals surface area (Å²) in [5.74, 6) is 1.98. The summed E-state index contributed by atoms with van der Waals surface area (Å²) in [6.45, 7) is 2.72. The molecule has 3 aromatic rings. The van der Waals surface area contributed by atoms with E-state index >= 15 is 0 Å². The molecule has 0 aliphatic carbocycles. The third-order valence-corrected chi connectivity index (χ3v) is 4.37. The quantitative estimate of drug-likeness (QED) is 0.746. The van der Waals surface area contributed by atoms with Crippen LogP contribution in [0.5, 0.6) is 0 Å². The maximum absolute atomic E-state index is 12.8. The minimum atomic E-state index is -0.0696. The van der Waals surface area contributed by atoms with Crippen LogP contribution in [0.25, 0.3) is 5.65 Å². The predicted octanol–water partition coefficient (Wildman–Crippen LogP) is 2.86.